The molecular formula is C21H19N3. The second-order valence-electron chi connectivity index (χ2n) is 5.96. The van der Waals surface area contributed by atoms with Crippen molar-refractivity contribution in [1.82, 2.24) is 14.4 Å². The number of benzene rings is 2. The lowest BCUT2D eigenvalue weighted by atomic mass is 10.0. The van der Waals surface area contributed by atoms with E-state index < -0.39 is 0 Å². The van der Waals surface area contributed by atoms with Gasteiger partial charge in [0.05, 0.1) is 11.4 Å². The molecular weight excluding hydrogens is 294 g/mol. The van der Waals surface area contributed by atoms with E-state index in [2.05, 4.69) is 71.0 Å². The van der Waals surface area contributed by atoms with Crippen LogP contribution in [0.5, 0.6) is 0 Å². The van der Waals surface area contributed by atoms with Gasteiger partial charge in [0.25, 0.3) is 0 Å². The number of aryl methyl sites for hydroxylation is 2. The summed E-state index contributed by atoms with van der Waals surface area (Å²) in [7, 11) is 0. The Hall–Kier alpha value is -2.94. The lowest BCUT2D eigenvalue weighted by molar-refractivity contribution is 1.07. The maximum absolute atomic E-state index is 4.83. The van der Waals surface area contributed by atoms with Gasteiger partial charge in [0.2, 0.25) is 5.78 Å². The number of rotatable bonds is 3. The van der Waals surface area contributed by atoms with E-state index in [1.54, 1.807) is 0 Å². The van der Waals surface area contributed by atoms with Gasteiger partial charge in [-0.3, -0.25) is 4.40 Å². The molecule has 4 aromatic rings. The first-order chi connectivity index (χ1) is 11.8. The Morgan fingerprint density at radius 2 is 1.58 bits per heavy atom. The Morgan fingerprint density at radius 1 is 0.833 bits per heavy atom. The van der Waals surface area contributed by atoms with Gasteiger partial charge in [0.15, 0.2) is 0 Å². The molecule has 118 valence electrons. The lowest BCUT2D eigenvalue weighted by Gasteiger charge is -2.06. The second kappa shape index (κ2) is 5.93. The fourth-order valence-electron chi connectivity index (χ4n) is 2.99. The number of aromatic nitrogens is 3. The smallest absolute Gasteiger partial charge is 0.235 e. The SMILES string of the molecule is CCc1ccc(-c2nc3nc(C)ccn3c2-c2ccccc2)cc1. The van der Waals surface area contributed by atoms with Crippen LogP contribution < -0.4 is 0 Å². The van der Waals surface area contributed by atoms with Crippen molar-refractivity contribution in [3.63, 3.8) is 0 Å². The molecule has 2 aromatic heterocycles. The van der Waals surface area contributed by atoms with Crippen LogP contribution in [0.3, 0.4) is 0 Å². The third kappa shape index (κ3) is 2.48. The fourth-order valence-corrected chi connectivity index (χ4v) is 2.99. The normalized spacial score (nSPS) is 11.1. The van der Waals surface area contributed by atoms with Crippen LogP contribution in [0.2, 0.25) is 0 Å². The molecule has 2 heterocycles. The van der Waals surface area contributed by atoms with Gasteiger partial charge in [0, 0.05) is 23.0 Å². The average molecular weight is 313 g/mol. The molecule has 0 atom stereocenters. The molecule has 0 aliphatic heterocycles. The largest absolute Gasteiger partial charge is 0.283 e. The topological polar surface area (TPSA) is 30.2 Å². The minimum Gasteiger partial charge on any atom is -0.283 e. The van der Waals surface area contributed by atoms with E-state index in [0.29, 0.717) is 0 Å². The summed E-state index contributed by atoms with van der Waals surface area (Å²) in [5.74, 6) is 0.739. The summed E-state index contributed by atoms with van der Waals surface area (Å²) in [6.45, 7) is 4.16. The van der Waals surface area contributed by atoms with Crippen molar-refractivity contribution in [1.29, 1.82) is 0 Å². The third-order valence-corrected chi connectivity index (χ3v) is 4.32. The molecule has 0 saturated carbocycles. The molecule has 0 aliphatic rings. The number of imidazole rings is 1. The molecule has 3 nitrogen and oxygen atoms in total. The summed E-state index contributed by atoms with van der Waals surface area (Å²) in [5.41, 5.74) is 6.63. The lowest BCUT2D eigenvalue weighted by Crippen LogP contribution is -1.92. The van der Waals surface area contributed by atoms with E-state index >= 15 is 0 Å². The molecule has 0 aliphatic carbocycles. The predicted octanol–water partition coefficient (Wildman–Crippen LogP) is 4.93. The molecule has 0 fully saturated rings. The summed E-state index contributed by atoms with van der Waals surface area (Å²) < 4.78 is 2.07. The molecule has 3 heteroatoms. The van der Waals surface area contributed by atoms with E-state index in [0.717, 1.165) is 40.4 Å². The van der Waals surface area contributed by atoms with Crippen molar-refractivity contribution in [2.45, 2.75) is 20.3 Å². The minimum atomic E-state index is 0.739. The zero-order valence-corrected chi connectivity index (χ0v) is 13.9. The molecule has 0 unspecified atom stereocenters. The summed E-state index contributed by atoms with van der Waals surface area (Å²) in [5, 5.41) is 0. The van der Waals surface area contributed by atoms with Gasteiger partial charge in [-0.15, -0.1) is 0 Å². The highest BCUT2D eigenvalue weighted by molar-refractivity contribution is 5.81. The number of hydrogen-bond donors (Lipinski definition) is 0. The van der Waals surface area contributed by atoms with E-state index in [4.69, 9.17) is 4.98 Å². The average Bonchev–Trinajstić information content (AvgIpc) is 3.01. The zero-order chi connectivity index (χ0) is 16.5. The van der Waals surface area contributed by atoms with Gasteiger partial charge in [-0.25, -0.2) is 9.97 Å². The third-order valence-electron chi connectivity index (χ3n) is 4.32. The second-order valence-corrected chi connectivity index (χ2v) is 5.96. The highest BCUT2D eigenvalue weighted by Gasteiger charge is 2.16. The van der Waals surface area contributed by atoms with Crippen LogP contribution in [0.25, 0.3) is 28.3 Å². The van der Waals surface area contributed by atoms with Crippen molar-refractivity contribution in [3.05, 3.63) is 78.1 Å². The molecule has 2 aromatic carbocycles. The fraction of sp³-hybridized carbons (Fsp3) is 0.143. The summed E-state index contributed by atoms with van der Waals surface area (Å²) in [4.78, 5) is 9.42. The monoisotopic (exact) mass is 313 g/mol. The first-order valence-corrected chi connectivity index (χ1v) is 8.26. The first kappa shape index (κ1) is 14.6. The number of fused-ring (bicyclic) bond motifs is 1. The molecule has 0 amide bonds. The Bertz CT molecular complexity index is 983. The van der Waals surface area contributed by atoms with E-state index in [1.807, 2.05) is 19.1 Å². The van der Waals surface area contributed by atoms with Crippen molar-refractivity contribution < 1.29 is 0 Å². The van der Waals surface area contributed by atoms with Crippen LogP contribution >= 0.6 is 0 Å². The Balaban J connectivity index is 1.99. The van der Waals surface area contributed by atoms with Crippen LogP contribution in [0, 0.1) is 6.92 Å². The van der Waals surface area contributed by atoms with Gasteiger partial charge < -0.3 is 0 Å². The maximum atomic E-state index is 4.83. The first-order valence-electron chi connectivity index (χ1n) is 8.26. The summed E-state index contributed by atoms with van der Waals surface area (Å²) in [6.07, 6.45) is 3.09. The van der Waals surface area contributed by atoms with Gasteiger partial charge >= 0.3 is 0 Å². The van der Waals surface area contributed by atoms with Crippen LogP contribution in [0.4, 0.5) is 0 Å². The van der Waals surface area contributed by atoms with E-state index in [9.17, 15) is 0 Å². The quantitative estimate of drug-likeness (QED) is 0.536. The van der Waals surface area contributed by atoms with Crippen molar-refractivity contribution in [3.8, 4) is 22.5 Å². The van der Waals surface area contributed by atoms with E-state index in [1.165, 1.54) is 5.56 Å². The van der Waals surface area contributed by atoms with Gasteiger partial charge in [-0.1, -0.05) is 61.5 Å². The van der Waals surface area contributed by atoms with E-state index in [-0.39, 0.29) is 0 Å². The maximum Gasteiger partial charge on any atom is 0.235 e. The highest BCUT2D eigenvalue weighted by Crippen LogP contribution is 2.32. The molecule has 0 spiro atoms. The Kier molecular flexibility index (Phi) is 3.62. The zero-order valence-electron chi connectivity index (χ0n) is 13.9. The number of hydrogen-bond acceptors (Lipinski definition) is 2. The van der Waals surface area contributed by atoms with Crippen LogP contribution in [0.1, 0.15) is 18.2 Å². The predicted molar refractivity (Wildman–Crippen MR) is 98.0 cm³/mol. The van der Waals surface area contributed by atoms with Crippen LogP contribution in [-0.4, -0.2) is 14.4 Å². The van der Waals surface area contributed by atoms with Crippen molar-refractivity contribution >= 4 is 5.78 Å². The molecule has 4 rings (SSSR count). The number of nitrogens with zero attached hydrogens (tertiary/aromatic N) is 3. The molecule has 0 saturated heterocycles. The molecule has 0 N–H and O–H groups in total. The summed E-state index contributed by atoms with van der Waals surface area (Å²) in [6, 6.07) is 21.1. The van der Waals surface area contributed by atoms with Gasteiger partial charge in [0.1, 0.15) is 0 Å². The Labute approximate surface area is 141 Å². The van der Waals surface area contributed by atoms with Crippen LogP contribution in [-0.2, 0) is 6.42 Å². The van der Waals surface area contributed by atoms with Gasteiger partial charge in [-0.05, 0) is 25.0 Å². The summed E-state index contributed by atoms with van der Waals surface area (Å²) >= 11 is 0. The molecule has 0 radical (unpaired) electrons. The molecule has 24 heavy (non-hydrogen) atoms. The standard InChI is InChI=1S/C21H19N3/c1-3-16-9-11-17(12-10-16)19-20(18-7-5-4-6-8-18)24-14-13-15(2)22-21(24)23-19/h4-14H,3H2,1-2H3. The van der Waals surface area contributed by atoms with Crippen molar-refractivity contribution in [2.24, 2.45) is 0 Å². The highest BCUT2D eigenvalue weighted by atomic mass is 15.1. The van der Waals surface area contributed by atoms with Crippen molar-refractivity contribution in [2.75, 3.05) is 0 Å². The molecule has 0 bridgehead atoms. The van der Waals surface area contributed by atoms with Crippen LogP contribution in [0.15, 0.2) is 66.9 Å². The Morgan fingerprint density at radius 3 is 2.29 bits per heavy atom. The van der Waals surface area contributed by atoms with Gasteiger partial charge in [-0.2, -0.15) is 0 Å². The minimum absolute atomic E-state index is 0.739.